The van der Waals surface area contributed by atoms with Gasteiger partial charge in [-0.05, 0) is 37.1 Å². The van der Waals surface area contributed by atoms with E-state index in [2.05, 4.69) is 30.6 Å². The molecule has 2 aliphatic rings. The molecular formula is C25H24F5N7O. The van der Waals surface area contributed by atoms with Gasteiger partial charge in [-0.3, -0.25) is 4.79 Å². The molecule has 2 N–H and O–H groups in total. The van der Waals surface area contributed by atoms with E-state index < -0.39 is 30.3 Å². The zero-order valence-corrected chi connectivity index (χ0v) is 20.1. The Balaban J connectivity index is 1.38. The van der Waals surface area contributed by atoms with Crippen molar-refractivity contribution < 1.29 is 26.7 Å². The maximum Gasteiger partial charge on any atom is 0.433 e. The summed E-state index contributed by atoms with van der Waals surface area (Å²) < 4.78 is 67.1. The first-order valence-corrected chi connectivity index (χ1v) is 12.1. The zero-order chi connectivity index (χ0) is 26.9. The van der Waals surface area contributed by atoms with E-state index in [4.69, 9.17) is 0 Å². The Hall–Kier alpha value is -3.90. The predicted octanol–water partition coefficient (Wildman–Crippen LogP) is 4.88. The van der Waals surface area contributed by atoms with Crippen LogP contribution in [0.5, 0.6) is 0 Å². The first-order valence-electron chi connectivity index (χ1n) is 12.1. The number of carbonyl (C=O) groups excluding carboxylic acids is 1. The standard InChI is InChI=1S/C25H24F5N7O/c26-24(27)11-9-16(13-24)31-22-34-20(18-7-4-8-19(33-18)25(28,29)30)35-23(36-22)32-17-10-12-37(14-17)21(38)15-5-2-1-3-6-15/h1-8,16-17H,9-14H2,(H2,31,32,34,35,36). The third kappa shape index (κ3) is 5.97. The highest BCUT2D eigenvalue weighted by molar-refractivity contribution is 5.94. The van der Waals surface area contributed by atoms with Crippen LogP contribution in [0.15, 0.2) is 48.5 Å². The highest BCUT2D eigenvalue weighted by Gasteiger charge is 2.40. The molecule has 1 aliphatic carbocycles. The molecule has 2 fully saturated rings. The Labute approximate surface area is 214 Å². The first kappa shape index (κ1) is 25.7. The summed E-state index contributed by atoms with van der Waals surface area (Å²) in [6.07, 6.45) is -4.58. The van der Waals surface area contributed by atoms with Crippen molar-refractivity contribution in [3.05, 3.63) is 59.8 Å². The number of likely N-dealkylation sites (tertiary alicyclic amines) is 1. The van der Waals surface area contributed by atoms with E-state index in [1.54, 1.807) is 29.2 Å². The second-order valence-corrected chi connectivity index (χ2v) is 9.40. The average molecular weight is 534 g/mol. The molecule has 13 heteroatoms. The fourth-order valence-electron chi connectivity index (χ4n) is 4.60. The van der Waals surface area contributed by atoms with Gasteiger partial charge in [-0.25, -0.2) is 13.8 Å². The van der Waals surface area contributed by atoms with Crippen molar-refractivity contribution in [2.45, 2.75) is 49.9 Å². The lowest BCUT2D eigenvalue weighted by atomic mass is 10.2. The van der Waals surface area contributed by atoms with Gasteiger partial charge in [-0.2, -0.15) is 28.1 Å². The summed E-state index contributed by atoms with van der Waals surface area (Å²) >= 11 is 0. The molecule has 2 unspecified atom stereocenters. The molecule has 3 heterocycles. The van der Waals surface area contributed by atoms with E-state index >= 15 is 0 Å². The molecule has 3 aromatic rings. The van der Waals surface area contributed by atoms with Gasteiger partial charge in [-0.15, -0.1) is 0 Å². The molecule has 0 bridgehead atoms. The van der Waals surface area contributed by atoms with Crippen molar-refractivity contribution in [2.75, 3.05) is 23.7 Å². The van der Waals surface area contributed by atoms with Crippen molar-refractivity contribution in [3.63, 3.8) is 0 Å². The summed E-state index contributed by atoms with van der Waals surface area (Å²) in [5, 5.41) is 5.99. The lowest BCUT2D eigenvalue weighted by molar-refractivity contribution is -0.141. The second kappa shape index (κ2) is 10.1. The number of hydrogen-bond donors (Lipinski definition) is 2. The van der Waals surface area contributed by atoms with Crippen molar-refractivity contribution in [2.24, 2.45) is 0 Å². The van der Waals surface area contributed by atoms with Crippen LogP contribution in [-0.4, -0.2) is 61.8 Å². The fraction of sp³-hybridized carbons (Fsp3) is 0.400. The first-order chi connectivity index (χ1) is 18.1. The largest absolute Gasteiger partial charge is 0.433 e. The SMILES string of the molecule is O=C(c1ccccc1)N1CCC(Nc2nc(NC3CCC(F)(F)C3)nc(-c3cccc(C(F)(F)F)n3)n2)C1. The van der Waals surface area contributed by atoms with Crippen molar-refractivity contribution in [3.8, 4) is 11.5 Å². The van der Waals surface area contributed by atoms with Gasteiger partial charge in [0.05, 0.1) is 0 Å². The smallest absolute Gasteiger partial charge is 0.351 e. The van der Waals surface area contributed by atoms with Gasteiger partial charge in [0.15, 0.2) is 5.82 Å². The van der Waals surface area contributed by atoms with Gasteiger partial charge >= 0.3 is 6.18 Å². The minimum atomic E-state index is -4.67. The minimum absolute atomic E-state index is 0.0421. The zero-order valence-electron chi connectivity index (χ0n) is 20.1. The molecule has 8 nitrogen and oxygen atoms in total. The van der Waals surface area contributed by atoms with Gasteiger partial charge in [0.2, 0.25) is 17.8 Å². The molecule has 0 spiro atoms. The number of amides is 1. The van der Waals surface area contributed by atoms with Crippen molar-refractivity contribution >= 4 is 17.8 Å². The van der Waals surface area contributed by atoms with E-state index in [1.807, 2.05) is 6.07 Å². The van der Waals surface area contributed by atoms with Gasteiger partial charge in [0.1, 0.15) is 11.4 Å². The van der Waals surface area contributed by atoms with Crippen LogP contribution in [0, 0.1) is 0 Å². The Morgan fingerprint density at radius 3 is 2.26 bits per heavy atom. The summed E-state index contributed by atoms with van der Waals surface area (Å²) in [5.74, 6) is -3.08. The number of benzene rings is 1. The maximum absolute atomic E-state index is 13.7. The van der Waals surface area contributed by atoms with Crippen LogP contribution in [0.4, 0.5) is 33.8 Å². The Morgan fingerprint density at radius 1 is 0.895 bits per heavy atom. The number of rotatable bonds is 6. The molecule has 1 aliphatic heterocycles. The lowest BCUT2D eigenvalue weighted by Gasteiger charge is -2.18. The van der Waals surface area contributed by atoms with Gasteiger partial charge in [-0.1, -0.05) is 24.3 Å². The topological polar surface area (TPSA) is 95.9 Å². The van der Waals surface area contributed by atoms with E-state index in [-0.39, 0.29) is 48.2 Å². The van der Waals surface area contributed by atoms with Crippen LogP contribution in [-0.2, 0) is 6.18 Å². The van der Waals surface area contributed by atoms with Crippen LogP contribution in [0.2, 0.25) is 0 Å². The molecule has 1 saturated heterocycles. The van der Waals surface area contributed by atoms with Crippen LogP contribution < -0.4 is 10.6 Å². The highest BCUT2D eigenvalue weighted by atomic mass is 19.4. The number of pyridine rings is 1. The van der Waals surface area contributed by atoms with Crippen LogP contribution in [0.3, 0.4) is 0 Å². The number of aromatic nitrogens is 4. The van der Waals surface area contributed by atoms with E-state index in [0.717, 1.165) is 6.07 Å². The predicted molar refractivity (Wildman–Crippen MR) is 129 cm³/mol. The number of nitrogens with zero attached hydrogens (tertiary/aromatic N) is 5. The number of nitrogens with one attached hydrogen (secondary N) is 2. The number of alkyl halides is 5. The Morgan fingerprint density at radius 2 is 1.61 bits per heavy atom. The van der Waals surface area contributed by atoms with E-state index in [1.165, 1.54) is 12.1 Å². The third-order valence-corrected chi connectivity index (χ3v) is 6.47. The quantitative estimate of drug-likeness (QED) is 0.436. The van der Waals surface area contributed by atoms with Crippen LogP contribution in [0.25, 0.3) is 11.5 Å². The average Bonchev–Trinajstić information content (AvgIpc) is 3.49. The minimum Gasteiger partial charge on any atom is -0.351 e. The monoisotopic (exact) mass is 533 g/mol. The van der Waals surface area contributed by atoms with E-state index in [9.17, 15) is 26.7 Å². The van der Waals surface area contributed by atoms with Crippen LogP contribution in [0.1, 0.15) is 41.7 Å². The summed E-state index contributed by atoms with van der Waals surface area (Å²) in [5.41, 5.74) is -0.691. The Bertz CT molecular complexity index is 1300. The summed E-state index contributed by atoms with van der Waals surface area (Å²) in [7, 11) is 0. The summed E-state index contributed by atoms with van der Waals surface area (Å²) in [4.78, 5) is 30.9. The molecule has 5 rings (SSSR count). The van der Waals surface area contributed by atoms with Gasteiger partial charge in [0.25, 0.3) is 5.91 Å². The fourth-order valence-corrected chi connectivity index (χ4v) is 4.60. The molecule has 200 valence electrons. The molecule has 1 aromatic carbocycles. The summed E-state index contributed by atoms with van der Waals surface area (Å²) in [6.45, 7) is 0.842. The molecule has 1 amide bonds. The highest BCUT2D eigenvalue weighted by Crippen LogP contribution is 2.36. The Kier molecular flexibility index (Phi) is 6.84. The maximum atomic E-state index is 13.7. The number of hydrogen-bond acceptors (Lipinski definition) is 7. The second-order valence-electron chi connectivity index (χ2n) is 9.40. The molecule has 1 saturated carbocycles. The van der Waals surface area contributed by atoms with Gasteiger partial charge in [0, 0.05) is 43.6 Å². The molecule has 2 aromatic heterocycles. The van der Waals surface area contributed by atoms with Crippen LogP contribution >= 0.6 is 0 Å². The molecule has 2 atom stereocenters. The van der Waals surface area contributed by atoms with Crippen molar-refractivity contribution in [1.82, 2.24) is 24.8 Å². The normalized spacial score (nSPS) is 20.9. The number of carbonyl (C=O) groups is 1. The molecule has 0 radical (unpaired) electrons. The van der Waals surface area contributed by atoms with E-state index in [0.29, 0.717) is 25.1 Å². The summed E-state index contributed by atoms with van der Waals surface area (Å²) in [6, 6.07) is 11.4. The van der Waals surface area contributed by atoms with Gasteiger partial charge < -0.3 is 15.5 Å². The number of anilines is 2. The molecule has 38 heavy (non-hydrogen) atoms. The molecular weight excluding hydrogens is 509 g/mol. The third-order valence-electron chi connectivity index (χ3n) is 6.47. The van der Waals surface area contributed by atoms with Crippen molar-refractivity contribution in [1.29, 1.82) is 0 Å². The lowest BCUT2D eigenvalue weighted by Crippen LogP contribution is -2.32. The number of halogens is 5.